The van der Waals surface area contributed by atoms with Gasteiger partial charge in [0.05, 0.1) is 11.8 Å². The molecule has 0 saturated carbocycles. The molecule has 0 atom stereocenters. The number of hydrogen-bond donors (Lipinski definition) is 0. The van der Waals surface area contributed by atoms with Crippen molar-refractivity contribution in [3.63, 3.8) is 0 Å². The van der Waals surface area contributed by atoms with E-state index in [0.717, 1.165) is 10.8 Å². The maximum absolute atomic E-state index is 11.5. The molecule has 0 N–H and O–H groups in total. The van der Waals surface area contributed by atoms with Gasteiger partial charge in [-0.05, 0) is 26.8 Å². The topological polar surface area (TPSA) is 61.2 Å². The Morgan fingerprint density at radius 2 is 2.12 bits per heavy atom. The Morgan fingerprint density at radius 3 is 2.62 bits per heavy atom. The summed E-state index contributed by atoms with van der Waals surface area (Å²) in [6.07, 6.45) is 3.17. The summed E-state index contributed by atoms with van der Waals surface area (Å²) in [7, 11) is 0. The summed E-state index contributed by atoms with van der Waals surface area (Å²) >= 11 is 0. The minimum Gasteiger partial charge on any atom is -0.442 e. The van der Waals surface area contributed by atoms with Crippen LogP contribution in [-0.4, -0.2) is 27.3 Å². The van der Waals surface area contributed by atoms with Crippen molar-refractivity contribution in [3.05, 3.63) is 30.6 Å². The lowest BCUT2D eigenvalue weighted by Crippen LogP contribution is -2.27. The summed E-state index contributed by atoms with van der Waals surface area (Å²) in [5.41, 5.74) is -0.285. The number of ether oxygens (including phenoxy) is 1. The third-order valence-electron chi connectivity index (χ3n) is 1.63. The van der Waals surface area contributed by atoms with Crippen LogP contribution >= 0.6 is 0 Å². The van der Waals surface area contributed by atoms with Gasteiger partial charge in [-0.2, -0.15) is 9.78 Å². The zero-order valence-electron chi connectivity index (χ0n) is 9.56. The molecule has 5 nitrogen and oxygen atoms in total. The molecule has 0 unspecified atom stereocenters. The van der Waals surface area contributed by atoms with Crippen LogP contribution in [0.5, 0.6) is 0 Å². The van der Waals surface area contributed by atoms with Crippen molar-refractivity contribution in [2.75, 3.05) is 0 Å². The molecular weight excluding hydrogens is 208 g/mol. The zero-order chi connectivity index (χ0) is 12.3. The summed E-state index contributed by atoms with van der Waals surface area (Å²) < 4.78 is 6.06. The van der Waals surface area contributed by atoms with Crippen molar-refractivity contribution < 1.29 is 14.3 Å². The Hall–Kier alpha value is -1.91. The first-order valence-electron chi connectivity index (χ1n) is 4.78. The monoisotopic (exact) mass is 222 g/mol. The van der Waals surface area contributed by atoms with Gasteiger partial charge in [0.2, 0.25) is 0 Å². The highest BCUT2D eigenvalue weighted by molar-refractivity contribution is 6.04. The highest BCUT2D eigenvalue weighted by atomic mass is 16.6. The van der Waals surface area contributed by atoms with Crippen molar-refractivity contribution in [2.45, 2.75) is 26.4 Å². The number of carbonyl (C=O) groups is 2. The Balaban J connectivity index is 2.82. The number of rotatable bonds is 2. The second-order valence-electron chi connectivity index (χ2n) is 4.22. The van der Waals surface area contributed by atoms with Crippen molar-refractivity contribution in [1.82, 2.24) is 9.78 Å². The standard InChI is InChI=1S/C11H14N2O3/c1-5-9(14)8-6-12-13(7-8)10(15)16-11(2,3)4/h5-7H,1H2,2-4H3. The lowest BCUT2D eigenvalue weighted by molar-refractivity contribution is 0.0514. The first-order chi connectivity index (χ1) is 7.33. The summed E-state index contributed by atoms with van der Waals surface area (Å²) in [6.45, 7) is 8.61. The molecular formula is C11H14N2O3. The van der Waals surface area contributed by atoms with Gasteiger partial charge in [-0.15, -0.1) is 0 Å². The minimum atomic E-state index is -0.615. The van der Waals surface area contributed by atoms with Gasteiger partial charge in [0.15, 0.2) is 5.78 Å². The SMILES string of the molecule is C=CC(=O)c1cnn(C(=O)OC(C)(C)C)c1. The van der Waals surface area contributed by atoms with Crippen molar-refractivity contribution in [1.29, 1.82) is 0 Å². The number of hydrogen-bond acceptors (Lipinski definition) is 4. The molecule has 16 heavy (non-hydrogen) atoms. The Kier molecular flexibility index (Phi) is 3.27. The number of allylic oxidation sites excluding steroid dienone is 1. The van der Waals surface area contributed by atoms with E-state index < -0.39 is 11.7 Å². The van der Waals surface area contributed by atoms with E-state index in [1.807, 2.05) is 0 Å². The van der Waals surface area contributed by atoms with Crippen LogP contribution in [0.25, 0.3) is 0 Å². The van der Waals surface area contributed by atoms with Gasteiger partial charge in [0, 0.05) is 6.20 Å². The van der Waals surface area contributed by atoms with E-state index in [4.69, 9.17) is 4.74 Å². The van der Waals surface area contributed by atoms with Crippen molar-refractivity contribution in [2.24, 2.45) is 0 Å². The predicted molar refractivity (Wildman–Crippen MR) is 58.4 cm³/mol. The third kappa shape index (κ3) is 3.05. The maximum Gasteiger partial charge on any atom is 0.435 e. The number of nitrogens with zero attached hydrogens (tertiary/aromatic N) is 2. The third-order valence-corrected chi connectivity index (χ3v) is 1.63. The molecule has 0 radical (unpaired) electrons. The second-order valence-corrected chi connectivity index (χ2v) is 4.22. The fraction of sp³-hybridized carbons (Fsp3) is 0.364. The van der Waals surface area contributed by atoms with E-state index in [1.165, 1.54) is 12.4 Å². The average molecular weight is 222 g/mol. The summed E-state index contributed by atoms with van der Waals surface area (Å²) in [5.74, 6) is -0.283. The average Bonchev–Trinajstić information content (AvgIpc) is 2.62. The molecule has 1 rings (SSSR count). The van der Waals surface area contributed by atoms with E-state index in [9.17, 15) is 9.59 Å². The van der Waals surface area contributed by atoms with Gasteiger partial charge in [-0.1, -0.05) is 6.58 Å². The van der Waals surface area contributed by atoms with Gasteiger partial charge in [0.25, 0.3) is 0 Å². The van der Waals surface area contributed by atoms with Crippen LogP contribution in [0.15, 0.2) is 25.0 Å². The molecule has 86 valence electrons. The molecule has 0 bridgehead atoms. The lowest BCUT2D eigenvalue weighted by Gasteiger charge is -2.18. The molecule has 0 aliphatic rings. The predicted octanol–water partition coefficient (Wildman–Crippen LogP) is 2.04. The maximum atomic E-state index is 11.5. The van der Waals surface area contributed by atoms with E-state index in [2.05, 4.69) is 11.7 Å². The summed E-state index contributed by atoms with van der Waals surface area (Å²) in [4.78, 5) is 22.7. The smallest absolute Gasteiger partial charge is 0.435 e. The highest BCUT2D eigenvalue weighted by Gasteiger charge is 2.19. The number of ketones is 1. The van der Waals surface area contributed by atoms with Gasteiger partial charge < -0.3 is 4.74 Å². The van der Waals surface area contributed by atoms with Crippen LogP contribution in [0.4, 0.5) is 4.79 Å². The van der Waals surface area contributed by atoms with E-state index >= 15 is 0 Å². The van der Waals surface area contributed by atoms with E-state index in [1.54, 1.807) is 20.8 Å². The van der Waals surface area contributed by atoms with E-state index in [-0.39, 0.29) is 5.78 Å². The molecule has 0 saturated heterocycles. The second kappa shape index (κ2) is 4.30. The first kappa shape index (κ1) is 12.2. The van der Waals surface area contributed by atoms with Crippen LogP contribution in [0.1, 0.15) is 31.1 Å². The first-order valence-corrected chi connectivity index (χ1v) is 4.78. The molecule has 0 amide bonds. The summed E-state index contributed by atoms with van der Waals surface area (Å²) in [6, 6.07) is 0. The van der Waals surface area contributed by atoms with Gasteiger partial charge >= 0.3 is 6.09 Å². The fourth-order valence-corrected chi connectivity index (χ4v) is 0.976. The van der Waals surface area contributed by atoms with Crippen molar-refractivity contribution in [3.8, 4) is 0 Å². The van der Waals surface area contributed by atoms with Gasteiger partial charge in [-0.25, -0.2) is 4.79 Å². The minimum absolute atomic E-state index is 0.283. The summed E-state index contributed by atoms with van der Waals surface area (Å²) in [5, 5.41) is 3.74. The molecule has 0 aliphatic carbocycles. The molecule has 0 fully saturated rings. The Morgan fingerprint density at radius 1 is 1.50 bits per heavy atom. The largest absolute Gasteiger partial charge is 0.442 e. The molecule has 0 aliphatic heterocycles. The fourth-order valence-electron chi connectivity index (χ4n) is 0.976. The van der Waals surface area contributed by atoms with Gasteiger partial charge in [-0.3, -0.25) is 4.79 Å². The lowest BCUT2D eigenvalue weighted by atomic mass is 10.2. The van der Waals surface area contributed by atoms with Crippen LogP contribution < -0.4 is 0 Å². The molecule has 0 aromatic carbocycles. The van der Waals surface area contributed by atoms with Crippen LogP contribution in [0.3, 0.4) is 0 Å². The van der Waals surface area contributed by atoms with E-state index in [0.29, 0.717) is 5.56 Å². The molecule has 1 aromatic heterocycles. The molecule has 0 spiro atoms. The normalized spacial score (nSPS) is 10.9. The van der Waals surface area contributed by atoms with Crippen LogP contribution in [-0.2, 0) is 4.74 Å². The Labute approximate surface area is 93.7 Å². The molecule has 1 aromatic rings. The number of aromatic nitrogens is 2. The quantitative estimate of drug-likeness (QED) is 0.567. The Bertz CT molecular complexity index is 427. The number of carbonyl (C=O) groups excluding carboxylic acids is 2. The van der Waals surface area contributed by atoms with Crippen LogP contribution in [0.2, 0.25) is 0 Å². The highest BCUT2D eigenvalue weighted by Crippen LogP contribution is 2.09. The zero-order valence-corrected chi connectivity index (χ0v) is 9.56. The van der Waals surface area contributed by atoms with Gasteiger partial charge in [0.1, 0.15) is 5.60 Å². The molecule has 5 heteroatoms. The van der Waals surface area contributed by atoms with Crippen molar-refractivity contribution >= 4 is 11.9 Å². The molecule has 1 heterocycles. The van der Waals surface area contributed by atoms with Crippen LogP contribution in [0, 0.1) is 0 Å².